The highest BCUT2D eigenvalue weighted by Gasteiger charge is 2.35. The van der Waals surface area contributed by atoms with Crippen LogP contribution in [0.25, 0.3) is 5.69 Å². The second-order valence-electron chi connectivity index (χ2n) is 8.96. The average molecular weight is 467 g/mol. The molecule has 2 heterocycles. The number of benzene rings is 2. The van der Waals surface area contributed by atoms with E-state index in [1.54, 1.807) is 12.1 Å². The van der Waals surface area contributed by atoms with Gasteiger partial charge in [0.25, 0.3) is 5.91 Å². The van der Waals surface area contributed by atoms with Gasteiger partial charge in [-0.3, -0.25) is 9.69 Å². The quantitative estimate of drug-likeness (QED) is 0.478. The first-order valence-corrected chi connectivity index (χ1v) is 12.1. The molecule has 0 atom stereocenters. The molecule has 1 aliphatic heterocycles. The molecule has 2 aliphatic rings. The van der Waals surface area contributed by atoms with Crippen molar-refractivity contribution in [3.63, 3.8) is 0 Å². The third-order valence-electron chi connectivity index (χ3n) is 6.47. The van der Waals surface area contributed by atoms with Gasteiger partial charge in [0.15, 0.2) is 0 Å². The SMILES string of the molecule is CCCN1CCc2c(c(CN(C(=O)c3ccc(F)cc3)C3CC3)nn2-c2cccc(Cl)c2)C1. The van der Waals surface area contributed by atoms with Crippen LogP contribution in [0.3, 0.4) is 0 Å². The van der Waals surface area contributed by atoms with Crippen LogP contribution < -0.4 is 0 Å². The minimum Gasteiger partial charge on any atom is -0.330 e. The third kappa shape index (κ3) is 4.68. The van der Waals surface area contributed by atoms with Crippen LogP contribution in [-0.4, -0.2) is 44.6 Å². The summed E-state index contributed by atoms with van der Waals surface area (Å²) in [6, 6.07) is 13.8. The normalized spacial score (nSPS) is 16.0. The number of rotatable bonds is 7. The lowest BCUT2D eigenvalue weighted by Gasteiger charge is -2.28. The maximum atomic E-state index is 13.4. The van der Waals surface area contributed by atoms with E-state index >= 15 is 0 Å². The number of hydrogen-bond acceptors (Lipinski definition) is 3. The average Bonchev–Trinajstić information content (AvgIpc) is 3.59. The van der Waals surface area contributed by atoms with Gasteiger partial charge in [0.05, 0.1) is 23.6 Å². The smallest absolute Gasteiger partial charge is 0.254 e. The fourth-order valence-electron chi connectivity index (χ4n) is 4.67. The molecule has 7 heteroatoms. The van der Waals surface area contributed by atoms with E-state index in [0.717, 1.165) is 56.7 Å². The molecule has 0 spiro atoms. The van der Waals surface area contributed by atoms with Crippen molar-refractivity contribution >= 4 is 17.5 Å². The van der Waals surface area contributed by atoms with Gasteiger partial charge in [-0.15, -0.1) is 0 Å². The van der Waals surface area contributed by atoms with Crippen LogP contribution in [0.15, 0.2) is 48.5 Å². The molecule has 0 bridgehead atoms. The summed E-state index contributed by atoms with van der Waals surface area (Å²) in [5.74, 6) is -0.403. The van der Waals surface area contributed by atoms with Crippen LogP contribution in [-0.2, 0) is 19.5 Å². The van der Waals surface area contributed by atoms with Gasteiger partial charge in [-0.05, 0) is 68.3 Å². The molecule has 1 saturated carbocycles. The lowest BCUT2D eigenvalue weighted by Crippen LogP contribution is -2.34. The lowest BCUT2D eigenvalue weighted by atomic mass is 10.0. The molecule has 0 radical (unpaired) electrons. The molecule has 1 aliphatic carbocycles. The fraction of sp³-hybridized carbons (Fsp3) is 0.385. The molecular formula is C26H28ClFN4O. The summed E-state index contributed by atoms with van der Waals surface area (Å²) in [6.45, 7) is 5.52. The van der Waals surface area contributed by atoms with Crippen LogP contribution >= 0.6 is 11.6 Å². The van der Waals surface area contributed by atoms with E-state index in [9.17, 15) is 9.18 Å². The third-order valence-corrected chi connectivity index (χ3v) is 6.71. The molecule has 172 valence electrons. The largest absolute Gasteiger partial charge is 0.330 e. The van der Waals surface area contributed by atoms with E-state index in [4.69, 9.17) is 16.7 Å². The molecule has 3 aromatic rings. The Bertz CT molecular complexity index is 1160. The number of carbonyl (C=O) groups is 1. The highest BCUT2D eigenvalue weighted by Crippen LogP contribution is 2.33. The van der Waals surface area contributed by atoms with Gasteiger partial charge in [-0.2, -0.15) is 5.10 Å². The van der Waals surface area contributed by atoms with Crippen molar-refractivity contribution in [1.82, 2.24) is 19.6 Å². The van der Waals surface area contributed by atoms with Crippen LogP contribution in [0.5, 0.6) is 0 Å². The Morgan fingerprint density at radius 2 is 2.00 bits per heavy atom. The van der Waals surface area contributed by atoms with Crippen LogP contribution in [0.2, 0.25) is 5.02 Å². The van der Waals surface area contributed by atoms with E-state index < -0.39 is 0 Å². The summed E-state index contributed by atoms with van der Waals surface area (Å²) >= 11 is 6.27. The number of hydrogen-bond donors (Lipinski definition) is 0. The van der Waals surface area contributed by atoms with Gasteiger partial charge < -0.3 is 4.90 Å². The van der Waals surface area contributed by atoms with Crippen molar-refractivity contribution in [3.05, 3.63) is 81.9 Å². The van der Waals surface area contributed by atoms with Crippen molar-refractivity contribution in [2.45, 2.75) is 51.7 Å². The Balaban J connectivity index is 1.51. The van der Waals surface area contributed by atoms with E-state index in [1.165, 1.54) is 23.4 Å². The first-order chi connectivity index (χ1) is 16.0. The van der Waals surface area contributed by atoms with Crippen LogP contribution in [0.4, 0.5) is 4.39 Å². The summed E-state index contributed by atoms with van der Waals surface area (Å²) in [7, 11) is 0. The van der Waals surface area contributed by atoms with Gasteiger partial charge in [0.2, 0.25) is 0 Å². The molecule has 33 heavy (non-hydrogen) atoms. The van der Waals surface area contributed by atoms with Crippen LogP contribution in [0.1, 0.15) is 53.5 Å². The van der Waals surface area contributed by atoms with Crippen LogP contribution in [0, 0.1) is 5.82 Å². The Labute approximate surface area is 198 Å². The minimum atomic E-state index is -0.338. The van der Waals surface area contributed by atoms with Crippen molar-refractivity contribution < 1.29 is 9.18 Å². The second-order valence-corrected chi connectivity index (χ2v) is 9.40. The second kappa shape index (κ2) is 9.27. The highest BCUT2D eigenvalue weighted by molar-refractivity contribution is 6.30. The number of amides is 1. The topological polar surface area (TPSA) is 41.4 Å². The number of halogens is 2. The predicted octanol–water partition coefficient (Wildman–Crippen LogP) is 5.24. The maximum absolute atomic E-state index is 13.4. The molecule has 2 aromatic carbocycles. The lowest BCUT2D eigenvalue weighted by molar-refractivity contribution is 0.0726. The molecule has 1 fully saturated rings. The van der Waals surface area contributed by atoms with E-state index in [1.807, 2.05) is 33.8 Å². The highest BCUT2D eigenvalue weighted by atomic mass is 35.5. The van der Waals surface area contributed by atoms with Crippen molar-refractivity contribution in [3.8, 4) is 5.69 Å². The molecule has 1 amide bonds. The fourth-order valence-corrected chi connectivity index (χ4v) is 4.85. The summed E-state index contributed by atoms with van der Waals surface area (Å²) in [6.07, 6.45) is 3.99. The maximum Gasteiger partial charge on any atom is 0.254 e. The Morgan fingerprint density at radius 3 is 2.70 bits per heavy atom. The van der Waals surface area contributed by atoms with Gasteiger partial charge in [0.1, 0.15) is 5.82 Å². The minimum absolute atomic E-state index is 0.0650. The summed E-state index contributed by atoms with van der Waals surface area (Å²) in [5, 5.41) is 5.69. The predicted molar refractivity (Wildman–Crippen MR) is 127 cm³/mol. The van der Waals surface area contributed by atoms with Gasteiger partial charge in [-0.25, -0.2) is 9.07 Å². The summed E-state index contributed by atoms with van der Waals surface area (Å²) in [5.41, 5.74) is 4.81. The van der Waals surface area contributed by atoms with Crippen molar-refractivity contribution in [2.24, 2.45) is 0 Å². The van der Waals surface area contributed by atoms with Gasteiger partial charge in [-0.1, -0.05) is 24.6 Å². The van der Waals surface area contributed by atoms with Gasteiger partial charge in [0, 0.05) is 41.7 Å². The number of carbonyl (C=O) groups excluding carboxylic acids is 1. The first kappa shape index (κ1) is 22.1. The zero-order valence-electron chi connectivity index (χ0n) is 18.8. The molecular weight excluding hydrogens is 439 g/mol. The molecule has 1 aromatic heterocycles. The number of nitrogens with zero attached hydrogens (tertiary/aromatic N) is 4. The Morgan fingerprint density at radius 1 is 1.21 bits per heavy atom. The summed E-state index contributed by atoms with van der Waals surface area (Å²) in [4.78, 5) is 17.7. The monoisotopic (exact) mass is 466 g/mol. The van der Waals surface area contributed by atoms with Crippen molar-refractivity contribution in [1.29, 1.82) is 0 Å². The van der Waals surface area contributed by atoms with Gasteiger partial charge >= 0.3 is 0 Å². The first-order valence-electron chi connectivity index (χ1n) is 11.7. The Kier molecular flexibility index (Phi) is 6.21. The molecule has 0 N–H and O–H groups in total. The molecule has 0 saturated heterocycles. The number of aromatic nitrogens is 2. The van der Waals surface area contributed by atoms with E-state index in [-0.39, 0.29) is 17.8 Å². The molecule has 0 unspecified atom stereocenters. The van der Waals surface area contributed by atoms with E-state index in [2.05, 4.69) is 11.8 Å². The number of fused-ring (bicyclic) bond motifs is 1. The molecule has 5 nitrogen and oxygen atoms in total. The zero-order chi connectivity index (χ0) is 22.9. The summed E-state index contributed by atoms with van der Waals surface area (Å²) < 4.78 is 15.4. The zero-order valence-corrected chi connectivity index (χ0v) is 19.6. The van der Waals surface area contributed by atoms with Crippen molar-refractivity contribution in [2.75, 3.05) is 13.1 Å². The van der Waals surface area contributed by atoms with E-state index in [0.29, 0.717) is 17.1 Å². The molecule has 5 rings (SSSR count). The Hall–Kier alpha value is -2.70. The standard InChI is InChI=1S/C26H28ClFN4O/c1-2-13-30-14-12-25-23(16-30)24(29-32(25)22-5-3-4-19(27)15-22)17-31(21-10-11-21)26(33)18-6-8-20(28)9-7-18/h3-9,15,21H,2,10-14,16-17H2,1H3.